The highest BCUT2D eigenvalue weighted by Crippen LogP contribution is 2.32. The minimum Gasteiger partial charge on any atom is -0.480 e. The molecule has 1 heterocycles. The molecule has 0 aromatic heterocycles. The number of carbonyl (C=O) groups is 2. The van der Waals surface area contributed by atoms with Crippen LogP contribution in [0.4, 0.5) is 0 Å². The Morgan fingerprint density at radius 3 is 1.76 bits per heavy atom. The van der Waals surface area contributed by atoms with Crippen LogP contribution in [0.3, 0.4) is 0 Å². The maximum absolute atomic E-state index is 12.0. The first-order valence-corrected chi connectivity index (χ1v) is 11.4. The van der Waals surface area contributed by atoms with Crippen molar-refractivity contribution in [1.82, 2.24) is 5.32 Å². The van der Waals surface area contributed by atoms with E-state index in [0.29, 0.717) is 6.42 Å². The van der Waals surface area contributed by atoms with E-state index < -0.39 is 17.7 Å². The van der Waals surface area contributed by atoms with E-state index >= 15 is 0 Å². The number of unbranched alkanes of at least 4 members (excludes halogenated alkanes) is 13. The maximum atomic E-state index is 12.0. The number of aliphatic carboxylic acids is 1. The highest BCUT2D eigenvalue weighted by Gasteiger charge is 2.39. The molecule has 0 aromatic rings. The number of carbonyl (C=O) groups excluding carboxylic acids is 1. The lowest BCUT2D eigenvalue weighted by Crippen LogP contribution is -2.43. The summed E-state index contributed by atoms with van der Waals surface area (Å²) in [7, 11) is 0. The van der Waals surface area contributed by atoms with Crippen molar-refractivity contribution in [3.8, 4) is 12.3 Å². The van der Waals surface area contributed by atoms with Gasteiger partial charge >= 0.3 is 5.97 Å². The van der Waals surface area contributed by atoms with Crippen LogP contribution in [0.5, 0.6) is 0 Å². The summed E-state index contributed by atoms with van der Waals surface area (Å²) in [4.78, 5) is 23.2. The molecule has 1 unspecified atom stereocenters. The number of carboxylic acids is 1. The van der Waals surface area contributed by atoms with E-state index in [1.165, 1.54) is 64.2 Å². The van der Waals surface area contributed by atoms with Crippen molar-refractivity contribution in [2.75, 3.05) is 0 Å². The lowest BCUT2D eigenvalue weighted by atomic mass is 10.0. The second-order valence-electron chi connectivity index (χ2n) is 8.38. The van der Waals surface area contributed by atoms with Crippen LogP contribution in [-0.4, -0.2) is 28.7 Å². The molecule has 0 aromatic carbocycles. The van der Waals surface area contributed by atoms with Gasteiger partial charge in [0.1, 0.15) is 6.04 Å². The van der Waals surface area contributed by atoms with Crippen LogP contribution < -0.4 is 5.32 Å². The molecule has 1 amide bonds. The standard InChI is InChI=1S/C23H39N3O3/c1-3-4-5-6-7-8-9-10-11-12-13-14-15-16-17-18-21(27)24-20(22(28)29)19-23(2)25-26-23/h1,20H,4-19H2,2H3,(H,24,27)(H,28,29). The Morgan fingerprint density at radius 2 is 1.34 bits per heavy atom. The molecule has 0 bridgehead atoms. The van der Waals surface area contributed by atoms with Gasteiger partial charge < -0.3 is 10.4 Å². The zero-order valence-corrected chi connectivity index (χ0v) is 18.1. The zero-order chi connectivity index (χ0) is 21.4. The number of terminal acetylenes is 1. The second kappa shape index (κ2) is 15.0. The molecular formula is C23H39N3O3. The van der Waals surface area contributed by atoms with E-state index in [1.807, 2.05) is 0 Å². The van der Waals surface area contributed by atoms with E-state index in [4.69, 9.17) is 6.42 Å². The first-order valence-electron chi connectivity index (χ1n) is 11.4. The Kier molecular flexibility index (Phi) is 13.0. The van der Waals surface area contributed by atoms with Crippen molar-refractivity contribution in [3.05, 3.63) is 0 Å². The first kappa shape index (κ1) is 25.1. The quantitative estimate of drug-likeness (QED) is 0.216. The molecule has 1 rings (SSSR count). The van der Waals surface area contributed by atoms with Crippen molar-refractivity contribution in [2.45, 2.75) is 121 Å². The molecule has 1 aliphatic heterocycles. The summed E-state index contributed by atoms with van der Waals surface area (Å²) in [6.07, 6.45) is 22.6. The van der Waals surface area contributed by atoms with Gasteiger partial charge in [-0.3, -0.25) is 4.79 Å². The summed E-state index contributed by atoms with van der Waals surface area (Å²) in [6.45, 7) is 1.76. The summed E-state index contributed by atoms with van der Waals surface area (Å²) >= 11 is 0. The minimum absolute atomic E-state index is 0.194. The number of rotatable bonds is 19. The summed E-state index contributed by atoms with van der Waals surface area (Å²) in [6, 6.07) is -0.912. The molecule has 6 nitrogen and oxygen atoms in total. The third-order valence-corrected chi connectivity index (χ3v) is 5.39. The van der Waals surface area contributed by atoms with Crippen molar-refractivity contribution in [3.63, 3.8) is 0 Å². The van der Waals surface area contributed by atoms with Gasteiger partial charge in [-0.15, -0.1) is 12.3 Å². The lowest BCUT2D eigenvalue weighted by molar-refractivity contribution is -0.142. The highest BCUT2D eigenvalue weighted by molar-refractivity contribution is 5.83. The van der Waals surface area contributed by atoms with Crippen LogP contribution >= 0.6 is 0 Å². The van der Waals surface area contributed by atoms with E-state index in [9.17, 15) is 14.7 Å². The Labute approximate surface area is 176 Å². The average molecular weight is 406 g/mol. The van der Waals surface area contributed by atoms with Gasteiger partial charge in [0.15, 0.2) is 5.66 Å². The number of nitrogens with one attached hydrogen (secondary N) is 1. The fourth-order valence-electron chi connectivity index (χ4n) is 3.48. The Morgan fingerprint density at radius 1 is 0.897 bits per heavy atom. The third kappa shape index (κ3) is 13.8. The van der Waals surface area contributed by atoms with E-state index in [2.05, 4.69) is 21.5 Å². The van der Waals surface area contributed by atoms with Gasteiger partial charge in [0.25, 0.3) is 0 Å². The molecule has 29 heavy (non-hydrogen) atoms. The molecule has 0 fully saturated rings. The molecular weight excluding hydrogens is 366 g/mol. The van der Waals surface area contributed by atoms with Crippen LogP contribution in [0.25, 0.3) is 0 Å². The Hall–Kier alpha value is -1.90. The van der Waals surface area contributed by atoms with Crippen molar-refractivity contribution < 1.29 is 14.7 Å². The predicted octanol–water partition coefficient (Wildman–Crippen LogP) is 5.61. The monoisotopic (exact) mass is 405 g/mol. The maximum Gasteiger partial charge on any atom is 0.326 e. The highest BCUT2D eigenvalue weighted by atomic mass is 16.4. The van der Waals surface area contributed by atoms with E-state index in [-0.39, 0.29) is 12.3 Å². The molecule has 2 N–H and O–H groups in total. The fraction of sp³-hybridized carbons (Fsp3) is 0.826. The van der Waals surface area contributed by atoms with Gasteiger partial charge in [-0.1, -0.05) is 70.6 Å². The fourth-order valence-corrected chi connectivity index (χ4v) is 3.48. The van der Waals surface area contributed by atoms with Crippen LogP contribution in [-0.2, 0) is 9.59 Å². The summed E-state index contributed by atoms with van der Waals surface area (Å²) in [5.74, 6) is 1.47. The molecule has 6 heteroatoms. The van der Waals surface area contributed by atoms with Gasteiger partial charge in [-0.2, -0.15) is 10.2 Å². The topological polar surface area (TPSA) is 91.1 Å². The smallest absolute Gasteiger partial charge is 0.326 e. The van der Waals surface area contributed by atoms with E-state index in [1.54, 1.807) is 6.92 Å². The van der Waals surface area contributed by atoms with Gasteiger partial charge in [0.05, 0.1) is 0 Å². The molecule has 0 spiro atoms. The molecule has 0 saturated heterocycles. The number of nitrogens with zero attached hydrogens (tertiary/aromatic N) is 2. The summed E-state index contributed by atoms with van der Waals surface area (Å²) in [5.41, 5.74) is -0.626. The first-order chi connectivity index (χ1) is 14.0. The Bertz CT molecular complexity index is 548. The third-order valence-electron chi connectivity index (χ3n) is 5.39. The van der Waals surface area contributed by atoms with E-state index in [0.717, 1.165) is 25.7 Å². The van der Waals surface area contributed by atoms with Crippen molar-refractivity contribution >= 4 is 11.9 Å². The van der Waals surface area contributed by atoms with Crippen LogP contribution in [0.2, 0.25) is 0 Å². The average Bonchev–Trinajstić information content (AvgIpc) is 3.41. The van der Waals surface area contributed by atoms with Gasteiger partial charge in [0.2, 0.25) is 5.91 Å². The Balaban J connectivity index is 1.87. The SMILES string of the molecule is C#CCCCCCCCCCCCCCCCC(=O)NC(CC1(C)N=N1)C(=O)O. The molecule has 1 aliphatic rings. The second-order valence-corrected chi connectivity index (χ2v) is 8.38. The van der Waals surface area contributed by atoms with Crippen LogP contribution in [0.1, 0.15) is 110 Å². The van der Waals surface area contributed by atoms with Crippen LogP contribution in [0.15, 0.2) is 10.2 Å². The van der Waals surface area contributed by atoms with Gasteiger partial charge in [-0.25, -0.2) is 4.79 Å². The molecule has 0 radical (unpaired) electrons. The number of amides is 1. The molecule has 0 saturated carbocycles. The summed E-state index contributed by atoms with van der Waals surface area (Å²) in [5, 5.41) is 19.4. The largest absolute Gasteiger partial charge is 0.480 e. The molecule has 1 atom stereocenters. The predicted molar refractivity (Wildman–Crippen MR) is 116 cm³/mol. The van der Waals surface area contributed by atoms with Gasteiger partial charge in [-0.05, 0) is 19.8 Å². The molecule has 164 valence electrons. The normalized spacial score (nSPS) is 14.9. The number of hydrogen-bond acceptors (Lipinski definition) is 4. The number of carboxylic acid groups (broad SMARTS) is 1. The van der Waals surface area contributed by atoms with Crippen molar-refractivity contribution in [2.24, 2.45) is 10.2 Å². The van der Waals surface area contributed by atoms with Gasteiger partial charge in [0, 0.05) is 19.3 Å². The zero-order valence-electron chi connectivity index (χ0n) is 18.1. The van der Waals surface area contributed by atoms with Crippen LogP contribution in [0, 0.1) is 12.3 Å². The minimum atomic E-state index is -1.03. The molecule has 0 aliphatic carbocycles. The lowest BCUT2D eigenvalue weighted by Gasteiger charge is -2.15. The number of hydrogen-bond donors (Lipinski definition) is 2. The summed E-state index contributed by atoms with van der Waals surface area (Å²) < 4.78 is 0. The van der Waals surface area contributed by atoms with Crippen molar-refractivity contribution in [1.29, 1.82) is 0 Å².